The van der Waals surface area contributed by atoms with Crippen LogP contribution < -0.4 is 4.74 Å². The Morgan fingerprint density at radius 3 is 2.50 bits per heavy atom. The van der Waals surface area contributed by atoms with E-state index in [1.54, 1.807) is 0 Å². The van der Waals surface area contributed by atoms with E-state index in [2.05, 4.69) is 9.72 Å². The maximum Gasteiger partial charge on any atom is 0.574 e. The Morgan fingerprint density at radius 2 is 2.00 bits per heavy atom. The molecular formula is C7H4ClF4NO. The Morgan fingerprint density at radius 1 is 1.43 bits per heavy atom. The third-order valence-corrected chi connectivity index (χ3v) is 1.76. The van der Waals surface area contributed by atoms with Crippen molar-refractivity contribution in [2.75, 3.05) is 0 Å². The van der Waals surface area contributed by atoms with E-state index in [4.69, 9.17) is 11.6 Å². The van der Waals surface area contributed by atoms with E-state index < -0.39 is 18.1 Å². The predicted molar refractivity (Wildman–Crippen MR) is 40.6 cm³/mol. The Hall–Kier alpha value is -1.04. The molecule has 14 heavy (non-hydrogen) atoms. The standard InChI is InChI=1S/C7H4ClF4NO/c1-3-4(8)2-13-6(5(3)9)14-7(10,11)12/h2H,1H3. The molecule has 0 radical (unpaired) electrons. The lowest BCUT2D eigenvalue weighted by Gasteiger charge is -2.09. The minimum Gasteiger partial charge on any atom is -0.385 e. The molecule has 0 unspecified atom stereocenters. The van der Waals surface area contributed by atoms with Crippen LogP contribution in [0.3, 0.4) is 0 Å². The first-order valence-corrected chi connectivity index (χ1v) is 3.75. The minimum atomic E-state index is -4.96. The van der Waals surface area contributed by atoms with E-state index in [-0.39, 0.29) is 10.6 Å². The van der Waals surface area contributed by atoms with Gasteiger partial charge in [0, 0.05) is 11.8 Å². The van der Waals surface area contributed by atoms with Gasteiger partial charge in [0.25, 0.3) is 5.88 Å². The van der Waals surface area contributed by atoms with Gasteiger partial charge in [-0.15, -0.1) is 13.2 Å². The fourth-order valence-electron chi connectivity index (χ4n) is 0.715. The van der Waals surface area contributed by atoms with Crippen molar-refractivity contribution in [3.05, 3.63) is 22.6 Å². The second-order valence-electron chi connectivity index (χ2n) is 2.40. The molecule has 1 aromatic heterocycles. The summed E-state index contributed by atoms with van der Waals surface area (Å²) in [6.45, 7) is 1.22. The molecule has 0 saturated heterocycles. The number of ether oxygens (including phenoxy) is 1. The van der Waals surface area contributed by atoms with Crippen molar-refractivity contribution in [1.82, 2.24) is 4.98 Å². The van der Waals surface area contributed by atoms with E-state index in [9.17, 15) is 17.6 Å². The number of nitrogens with zero attached hydrogens (tertiary/aromatic N) is 1. The van der Waals surface area contributed by atoms with Crippen molar-refractivity contribution in [3.8, 4) is 5.88 Å². The van der Waals surface area contributed by atoms with Gasteiger partial charge >= 0.3 is 6.36 Å². The van der Waals surface area contributed by atoms with E-state index in [0.717, 1.165) is 6.20 Å². The van der Waals surface area contributed by atoms with Gasteiger partial charge in [-0.25, -0.2) is 9.37 Å². The van der Waals surface area contributed by atoms with Crippen LogP contribution >= 0.6 is 11.6 Å². The smallest absolute Gasteiger partial charge is 0.385 e. The maximum atomic E-state index is 13.0. The largest absolute Gasteiger partial charge is 0.574 e. The summed E-state index contributed by atoms with van der Waals surface area (Å²) < 4.78 is 51.4. The van der Waals surface area contributed by atoms with Crippen molar-refractivity contribution in [2.45, 2.75) is 13.3 Å². The molecule has 0 aliphatic carbocycles. The molecule has 0 fully saturated rings. The average molecular weight is 230 g/mol. The zero-order chi connectivity index (χ0) is 10.9. The van der Waals surface area contributed by atoms with Gasteiger partial charge in [0.15, 0.2) is 5.82 Å². The Bertz CT molecular complexity index is 352. The minimum absolute atomic E-state index is 0.0583. The summed E-state index contributed by atoms with van der Waals surface area (Å²) in [6, 6.07) is 0. The molecule has 0 N–H and O–H groups in total. The van der Waals surface area contributed by atoms with E-state index in [0.29, 0.717) is 0 Å². The fraction of sp³-hybridized carbons (Fsp3) is 0.286. The second kappa shape index (κ2) is 3.61. The van der Waals surface area contributed by atoms with Crippen LogP contribution in [-0.4, -0.2) is 11.3 Å². The molecule has 0 atom stereocenters. The number of hydrogen-bond acceptors (Lipinski definition) is 2. The molecule has 1 aromatic rings. The molecule has 0 aliphatic rings. The number of rotatable bonds is 1. The summed E-state index contributed by atoms with van der Waals surface area (Å²) in [7, 11) is 0. The van der Waals surface area contributed by atoms with Gasteiger partial charge in [0.1, 0.15) is 0 Å². The molecule has 0 amide bonds. The van der Waals surface area contributed by atoms with Crippen LogP contribution in [-0.2, 0) is 0 Å². The highest BCUT2D eigenvalue weighted by molar-refractivity contribution is 6.31. The van der Waals surface area contributed by atoms with Gasteiger partial charge in [-0.2, -0.15) is 0 Å². The van der Waals surface area contributed by atoms with Crippen LogP contribution in [0.1, 0.15) is 5.56 Å². The topological polar surface area (TPSA) is 22.1 Å². The number of alkyl halides is 3. The monoisotopic (exact) mass is 229 g/mol. The van der Waals surface area contributed by atoms with Gasteiger partial charge in [0.2, 0.25) is 0 Å². The van der Waals surface area contributed by atoms with Gasteiger partial charge in [-0.1, -0.05) is 11.6 Å². The average Bonchev–Trinajstić information content (AvgIpc) is 2.04. The van der Waals surface area contributed by atoms with Gasteiger partial charge < -0.3 is 4.74 Å². The van der Waals surface area contributed by atoms with Crippen molar-refractivity contribution in [3.63, 3.8) is 0 Å². The molecule has 0 aromatic carbocycles. The third kappa shape index (κ3) is 2.47. The second-order valence-corrected chi connectivity index (χ2v) is 2.81. The van der Waals surface area contributed by atoms with Crippen LogP contribution in [0.2, 0.25) is 5.02 Å². The van der Waals surface area contributed by atoms with Crippen LogP contribution in [0.15, 0.2) is 6.20 Å². The Balaban J connectivity index is 3.06. The normalized spacial score (nSPS) is 11.6. The molecule has 1 rings (SSSR count). The first kappa shape index (κ1) is 11.0. The summed E-state index contributed by atoms with van der Waals surface area (Å²) in [4.78, 5) is 3.07. The Kier molecular flexibility index (Phi) is 2.84. The number of aromatic nitrogens is 1. The number of halogens is 5. The highest BCUT2D eigenvalue weighted by Crippen LogP contribution is 2.27. The third-order valence-electron chi connectivity index (χ3n) is 1.38. The molecule has 0 spiro atoms. The lowest BCUT2D eigenvalue weighted by Crippen LogP contribution is -2.19. The van der Waals surface area contributed by atoms with Crippen LogP contribution in [0.5, 0.6) is 5.88 Å². The summed E-state index contributed by atoms with van der Waals surface area (Å²) in [6.07, 6.45) is -4.07. The number of pyridine rings is 1. The lowest BCUT2D eigenvalue weighted by molar-refractivity contribution is -0.277. The van der Waals surface area contributed by atoms with E-state index in [1.807, 2.05) is 0 Å². The summed E-state index contributed by atoms with van der Waals surface area (Å²) >= 11 is 5.42. The molecule has 0 saturated carbocycles. The SMILES string of the molecule is Cc1c(Cl)cnc(OC(F)(F)F)c1F. The molecule has 2 nitrogen and oxygen atoms in total. The molecular weight excluding hydrogens is 226 g/mol. The first-order valence-electron chi connectivity index (χ1n) is 3.37. The molecule has 78 valence electrons. The molecule has 0 bridgehead atoms. The lowest BCUT2D eigenvalue weighted by atomic mass is 10.3. The highest BCUT2D eigenvalue weighted by atomic mass is 35.5. The Labute approximate surface area is 81.5 Å². The van der Waals surface area contributed by atoms with Gasteiger partial charge in [-0.05, 0) is 6.92 Å². The van der Waals surface area contributed by atoms with Crippen molar-refractivity contribution < 1.29 is 22.3 Å². The quantitative estimate of drug-likeness (QED) is 0.691. The van der Waals surface area contributed by atoms with E-state index >= 15 is 0 Å². The zero-order valence-corrected chi connectivity index (χ0v) is 7.58. The van der Waals surface area contributed by atoms with Crippen molar-refractivity contribution in [2.24, 2.45) is 0 Å². The summed E-state index contributed by atoms with van der Waals surface area (Å²) in [5.74, 6) is -2.34. The van der Waals surface area contributed by atoms with Crippen molar-refractivity contribution in [1.29, 1.82) is 0 Å². The summed E-state index contributed by atoms with van der Waals surface area (Å²) in [5.41, 5.74) is -0.138. The van der Waals surface area contributed by atoms with Gasteiger partial charge in [0.05, 0.1) is 5.02 Å². The van der Waals surface area contributed by atoms with E-state index in [1.165, 1.54) is 6.92 Å². The van der Waals surface area contributed by atoms with Crippen LogP contribution in [0.25, 0.3) is 0 Å². The fourth-order valence-corrected chi connectivity index (χ4v) is 0.847. The highest BCUT2D eigenvalue weighted by Gasteiger charge is 2.33. The number of hydrogen-bond donors (Lipinski definition) is 0. The van der Waals surface area contributed by atoms with Gasteiger partial charge in [-0.3, -0.25) is 0 Å². The summed E-state index contributed by atoms with van der Waals surface area (Å²) in [5, 5.41) is -0.0583. The van der Waals surface area contributed by atoms with Crippen LogP contribution in [0, 0.1) is 12.7 Å². The van der Waals surface area contributed by atoms with Crippen molar-refractivity contribution >= 4 is 11.6 Å². The predicted octanol–water partition coefficient (Wildman–Crippen LogP) is 3.08. The molecule has 1 heterocycles. The van der Waals surface area contributed by atoms with Crippen LogP contribution in [0.4, 0.5) is 17.6 Å². The maximum absolute atomic E-state index is 13.0. The first-order chi connectivity index (χ1) is 6.31. The molecule has 7 heteroatoms. The molecule has 0 aliphatic heterocycles. The zero-order valence-electron chi connectivity index (χ0n) is 6.82.